The lowest BCUT2D eigenvalue weighted by Gasteiger charge is -2.09. The zero-order valence-corrected chi connectivity index (χ0v) is 15.0. The first kappa shape index (κ1) is 18.6. The van der Waals surface area contributed by atoms with Crippen LogP contribution < -0.4 is 19.6 Å². The number of halogens is 1. The van der Waals surface area contributed by atoms with Crippen LogP contribution in [-0.2, 0) is 0 Å². The Labute approximate surface area is 151 Å². The van der Waals surface area contributed by atoms with Crippen molar-refractivity contribution in [3.8, 4) is 17.2 Å². The first-order valence-corrected chi connectivity index (χ1v) is 7.94. The van der Waals surface area contributed by atoms with Crippen LogP contribution in [-0.4, -0.2) is 32.9 Å². The summed E-state index contributed by atoms with van der Waals surface area (Å²) in [6.07, 6.45) is 1.47. The van der Waals surface area contributed by atoms with E-state index in [4.69, 9.17) is 25.8 Å². The van der Waals surface area contributed by atoms with Crippen molar-refractivity contribution in [1.29, 1.82) is 0 Å². The molecule has 6 nitrogen and oxygen atoms in total. The summed E-state index contributed by atoms with van der Waals surface area (Å²) in [5.41, 5.74) is 3.60. The highest BCUT2D eigenvalue weighted by Crippen LogP contribution is 2.35. The van der Waals surface area contributed by atoms with Crippen LogP contribution in [0.15, 0.2) is 41.5 Å². The van der Waals surface area contributed by atoms with Crippen molar-refractivity contribution in [2.24, 2.45) is 5.10 Å². The van der Waals surface area contributed by atoms with Crippen LogP contribution in [0, 0.1) is 0 Å². The molecule has 1 amide bonds. The van der Waals surface area contributed by atoms with Crippen molar-refractivity contribution in [1.82, 2.24) is 5.43 Å². The lowest BCUT2D eigenvalue weighted by atomic mass is 10.2. The second kappa shape index (κ2) is 8.94. The summed E-state index contributed by atoms with van der Waals surface area (Å²) < 4.78 is 15.7. The van der Waals surface area contributed by atoms with Gasteiger partial charge in [-0.05, 0) is 48.9 Å². The van der Waals surface area contributed by atoms with E-state index in [1.54, 1.807) is 36.4 Å². The molecule has 0 saturated carbocycles. The number of methoxy groups -OCH3 is 2. The maximum Gasteiger partial charge on any atom is 0.271 e. The van der Waals surface area contributed by atoms with Gasteiger partial charge in [0.05, 0.1) is 32.1 Å². The zero-order chi connectivity index (χ0) is 18.2. The van der Waals surface area contributed by atoms with Crippen LogP contribution in [0.2, 0.25) is 5.02 Å². The number of carbonyl (C=O) groups is 1. The van der Waals surface area contributed by atoms with Crippen molar-refractivity contribution < 1.29 is 19.0 Å². The number of ether oxygens (including phenoxy) is 3. The van der Waals surface area contributed by atoms with Gasteiger partial charge < -0.3 is 14.2 Å². The van der Waals surface area contributed by atoms with E-state index in [9.17, 15) is 4.79 Å². The highest BCUT2D eigenvalue weighted by atomic mass is 35.5. The molecule has 0 saturated heterocycles. The number of hydrazone groups is 1. The van der Waals surface area contributed by atoms with Crippen LogP contribution >= 0.6 is 11.6 Å². The molecule has 0 fully saturated rings. The van der Waals surface area contributed by atoms with Crippen molar-refractivity contribution in [3.63, 3.8) is 0 Å². The van der Waals surface area contributed by atoms with Crippen LogP contribution in [0.25, 0.3) is 0 Å². The van der Waals surface area contributed by atoms with Gasteiger partial charge in [0.1, 0.15) is 5.75 Å². The predicted molar refractivity (Wildman–Crippen MR) is 97.2 cm³/mol. The largest absolute Gasteiger partial charge is 0.494 e. The van der Waals surface area contributed by atoms with Gasteiger partial charge in [-0.3, -0.25) is 4.79 Å². The molecule has 0 radical (unpaired) electrons. The van der Waals surface area contributed by atoms with E-state index < -0.39 is 0 Å². The van der Waals surface area contributed by atoms with Crippen molar-refractivity contribution in [2.75, 3.05) is 20.8 Å². The summed E-state index contributed by atoms with van der Waals surface area (Å²) in [6.45, 7) is 2.47. The summed E-state index contributed by atoms with van der Waals surface area (Å²) in [5, 5.41) is 4.33. The molecular weight excluding hydrogens is 344 g/mol. The quantitative estimate of drug-likeness (QED) is 0.604. The molecule has 0 heterocycles. The Morgan fingerprint density at radius 1 is 1.20 bits per heavy atom. The third-order valence-corrected chi connectivity index (χ3v) is 3.54. The van der Waals surface area contributed by atoms with Crippen molar-refractivity contribution in [3.05, 3.63) is 52.5 Å². The minimum absolute atomic E-state index is 0.328. The molecule has 0 unspecified atom stereocenters. The highest BCUT2D eigenvalue weighted by molar-refractivity contribution is 6.32. The van der Waals surface area contributed by atoms with Gasteiger partial charge in [-0.2, -0.15) is 5.10 Å². The summed E-state index contributed by atoms with van der Waals surface area (Å²) in [5.74, 6) is 1.31. The van der Waals surface area contributed by atoms with E-state index in [2.05, 4.69) is 10.5 Å². The molecule has 0 bridgehead atoms. The number of nitrogens with zero attached hydrogens (tertiary/aromatic N) is 1. The van der Waals surface area contributed by atoms with Gasteiger partial charge in [-0.1, -0.05) is 11.6 Å². The third kappa shape index (κ3) is 4.87. The van der Waals surface area contributed by atoms with Gasteiger partial charge in [-0.15, -0.1) is 0 Å². The minimum Gasteiger partial charge on any atom is -0.494 e. The monoisotopic (exact) mass is 362 g/mol. The van der Waals surface area contributed by atoms with E-state index in [1.807, 2.05) is 6.92 Å². The Balaban J connectivity index is 2.05. The molecule has 2 aromatic carbocycles. The topological polar surface area (TPSA) is 69.2 Å². The summed E-state index contributed by atoms with van der Waals surface area (Å²) in [7, 11) is 3.03. The molecule has 0 aliphatic rings. The van der Waals surface area contributed by atoms with Gasteiger partial charge in [0.25, 0.3) is 5.91 Å². The fraction of sp³-hybridized carbons (Fsp3) is 0.222. The van der Waals surface area contributed by atoms with Gasteiger partial charge in [0.2, 0.25) is 0 Å². The Morgan fingerprint density at radius 2 is 1.92 bits per heavy atom. The Kier molecular flexibility index (Phi) is 6.65. The fourth-order valence-corrected chi connectivity index (χ4v) is 2.41. The lowest BCUT2D eigenvalue weighted by molar-refractivity contribution is 0.0955. The van der Waals surface area contributed by atoms with Crippen LogP contribution in [0.3, 0.4) is 0 Å². The van der Waals surface area contributed by atoms with Crippen molar-refractivity contribution >= 4 is 23.7 Å². The van der Waals surface area contributed by atoms with E-state index in [1.165, 1.54) is 20.4 Å². The van der Waals surface area contributed by atoms with Crippen molar-refractivity contribution in [2.45, 2.75) is 6.92 Å². The smallest absolute Gasteiger partial charge is 0.271 e. The first-order valence-electron chi connectivity index (χ1n) is 7.56. The normalized spacial score (nSPS) is 10.6. The van der Waals surface area contributed by atoms with Crippen LogP contribution in [0.1, 0.15) is 22.8 Å². The molecule has 0 aromatic heterocycles. The van der Waals surface area contributed by atoms with E-state index in [0.29, 0.717) is 40.0 Å². The third-order valence-electron chi connectivity index (χ3n) is 3.26. The summed E-state index contributed by atoms with van der Waals surface area (Å²) in [6, 6.07) is 10.2. The number of benzene rings is 2. The number of rotatable bonds is 7. The van der Waals surface area contributed by atoms with Gasteiger partial charge >= 0.3 is 0 Å². The maximum absolute atomic E-state index is 12.1. The molecule has 132 valence electrons. The van der Waals surface area contributed by atoms with Crippen LogP contribution in [0.5, 0.6) is 17.2 Å². The number of nitrogens with one attached hydrogen (secondary N) is 1. The Bertz CT molecular complexity index is 760. The standard InChI is InChI=1S/C18H19ClN2O4/c1-4-25-14-7-5-13(6-8-14)18(22)21-20-11-12-9-15(19)17(24-3)16(10-12)23-2/h5-11H,4H2,1-3H3,(H,21,22)/b20-11-. The molecule has 0 spiro atoms. The van der Waals surface area contributed by atoms with E-state index in [-0.39, 0.29) is 5.91 Å². The molecule has 0 atom stereocenters. The highest BCUT2D eigenvalue weighted by Gasteiger charge is 2.10. The predicted octanol–water partition coefficient (Wildman–Crippen LogP) is 3.52. The van der Waals surface area contributed by atoms with Gasteiger partial charge in [0.15, 0.2) is 11.5 Å². The lowest BCUT2D eigenvalue weighted by Crippen LogP contribution is -2.17. The van der Waals surface area contributed by atoms with E-state index in [0.717, 1.165) is 0 Å². The molecule has 0 aliphatic heterocycles. The molecule has 7 heteroatoms. The second-order valence-corrected chi connectivity index (χ2v) is 5.30. The minimum atomic E-state index is -0.328. The molecule has 1 N–H and O–H groups in total. The van der Waals surface area contributed by atoms with Crippen LogP contribution in [0.4, 0.5) is 0 Å². The Morgan fingerprint density at radius 3 is 2.52 bits per heavy atom. The number of hydrogen-bond acceptors (Lipinski definition) is 5. The zero-order valence-electron chi connectivity index (χ0n) is 14.2. The Hall–Kier alpha value is -2.73. The molecule has 2 aromatic rings. The second-order valence-electron chi connectivity index (χ2n) is 4.89. The molecule has 0 aliphatic carbocycles. The van der Waals surface area contributed by atoms with Gasteiger partial charge in [0, 0.05) is 5.56 Å². The first-order chi connectivity index (χ1) is 12.1. The maximum atomic E-state index is 12.1. The fourth-order valence-electron chi connectivity index (χ4n) is 2.11. The SMILES string of the molecule is CCOc1ccc(C(=O)N/N=C\c2cc(Cl)c(OC)c(OC)c2)cc1. The molecule has 2 rings (SSSR count). The number of carbonyl (C=O) groups excluding carboxylic acids is 1. The summed E-state index contributed by atoms with van der Waals surface area (Å²) >= 11 is 6.13. The van der Waals surface area contributed by atoms with Gasteiger partial charge in [-0.25, -0.2) is 5.43 Å². The summed E-state index contributed by atoms with van der Waals surface area (Å²) in [4.78, 5) is 12.1. The number of hydrogen-bond donors (Lipinski definition) is 1. The number of amides is 1. The molecular formula is C18H19ClN2O4. The van der Waals surface area contributed by atoms with E-state index >= 15 is 0 Å². The molecule has 25 heavy (non-hydrogen) atoms. The average molecular weight is 363 g/mol. The average Bonchev–Trinajstić information content (AvgIpc) is 2.62.